The van der Waals surface area contributed by atoms with E-state index >= 15 is 0 Å². The molecule has 1 heterocycles. The first-order valence-electron chi connectivity index (χ1n) is 8.27. The summed E-state index contributed by atoms with van der Waals surface area (Å²) in [5.74, 6) is 1.55. The van der Waals surface area contributed by atoms with Crippen LogP contribution in [0.2, 0.25) is 5.02 Å². The van der Waals surface area contributed by atoms with Crippen molar-refractivity contribution in [3.63, 3.8) is 0 Å². The molecule has 0 aromatic heterocycles. The lowest BCUT2D eigenvalue weighted by molar-refractivity contribution is 0.0680. The molecule has 3 rings (SSSR count). The van der Waals surface area contributed by atoms with Crippen LogP contribution in [0, 0.1) is 0 Å². The molecule has 0 aliphatic carbocycles. The Morgan fingerprint density at radius 3 is 2.88 bits per heavy atom. The molecule has 5 heteroatoms. The van der Waals surface area contributed by atoms with Gasteiger partial charge in [0, 0.05) is 24.9 Å². The third-order valence-corrected chi connectivity index (χ3v) is 4.13. The number of ether oxygens (including phenoxy) is 3. The predicted molar refractivity (Wildman–Crippen MR) is 96.3 cm³/mol. The van der Waals surface area contributed by atoms with Gasteiger partial charge >= 0.3 is 0 Å². The molecule has 1 saturated heterocycles. The molecule has 128 valence electrons. The van der Waals surface area contributed by atoms with Crippen molar-refractivity contribution in [1.82, 2.24) is 0 Å². The number of para-hydroxylation sites is 1. The van der Waals surface area contributed by atoms with Gasteiger partial charge in [-0.3, -0.25) is 0 Å². The second kappa shape index (κ2) is 8.81. The second-order valence-electron chi connectivity index (χ2n) is 5.68. The first kappa shape index (κ1) is 16.9. The highest BCUT2D eigenvalue weighted by Crippen LogP contribution is 2.23. The average Bonchev–Trinajstić information content (AvgIpc) is 3.12. The van der Waals surface area contributed by atoms with E-state index in [0.29, 0.717) is 30.5 Å². The molecule has 1 fully saturated rings. The summed E-state index contributed by atoms with van der Waals surface area (Å²) in [5.41, 5.74) is 1.00. The van der Waals surface area contributed by atoms with E-state index in [1.165, 1.54) is 0 Å². The molecule has 0 spiro atoms. The SMILES string of the molecule is Clc1ccccc1OCCNc1cccc(OCC2CCCO2)c1. The Kier molecular flexibility index (Phi) is 6.21. The molecule has 1 atom stereocenters. The van der Waals surface area contributed by atoms with Crippen LogP contribution in [0.1, 0.15) is 12.8 Å². The topological polar surface area (TPSA) is 39.7 Å². The molecule has 1 aliphatic rings. The van der Waals surface area contributed by atoms with Gasteiger partial charge in [-0.05, 0) is 37.1 Å². The van der Waals surface area contributed by atoms with Crippen LogP contribution in [0.4, 0.5) is 5.69 Å². The first-order valence-corrected chi connectivity index (χ1v) is 8.65. The highest BCUT2D eigenvalue weighted by molar-refractivity contribution is 6.32. The molecule has 0 saturated carbocycles. The van der Waals surface area contributed by atoms with Crippen molar-refractivity contribution in [1.29, 1.82) is 0 Å². The number of hydrogen-bond acceptors (Lipinski definition) is 4. The molecule has 1 unspecified atom stereocenters. The molecular formula is C19H22ClNO3. The number of nitrogens with one attached hydrogen (secondary N) is 1. The van der Waals surface area contributed by atoms with Gasteiger partial charge in [0.1, 0.15) is 24.7 Å². The number of anilines is 1. The van der Waals surface area contributed by atoms with Gasteiger partial charge in [0.05, 0.1) is 11.1 Å². The molecule has 24 heavy (non-hydrogen) atoms. The fourth-order valence-electron chi connectivity index (χ4n) is 2.58. The van der Waals surface area contributed by atoms with Crippen LogP contribution in [0.5, 0.6) is 11.5 Å². The zero-order valence-corrected chi connectivity index (χ0v) is 14.3. The second-order valence-corrected chi connectivity index (χ2v) is 6.09. The van der Waals surface area contributed by atoms with Crippen molar-refractivity contribution in [3.05, 3.63) is 53.6 Å². The lowest BCUT2D eigenvalue weighted by atomic mass is 10.2. The molecule has 4 nitrogen and oxygen atoms in total. The Morgan fingerprint density at radius 1 is 1.12 bits per heavy atom. The van der Waals surface area contributed by atoms with Crippen molar-refractivity contribution in [2.45, 2.75) is 18.9 Å². The standard InChI is InChI=1S/C19H22ClNO3/c20-18-8-1-2-9-19(18)23-12-10-21-15-5-3-6-16(13-15)24-14-17-7-4-11-22-17/h1-3,5-6,8-9,13,17,21H,4,7,10-12,14H2. The van der Waals surface area contributed by atoms with Crippen LogP contribution < -0.4 is 14.8 Å². The number of benzene rings is 2. The monoisotopic (exact) mass is 347 g/mol. The maximum absolute atomic E-state index is 6.06. The van der Waals surface area contributed by atoms with Crippen LogP contribution >= 0.6 is 11.6 Å². The lowest BCUT2D eigenvalue weighted by Crippen LogP contribution is -2.16. The molecule has 1 aliphatic heterocycles. The van der Waals surface area contributed by atoms with E-state index in [1.807, 2.05) is 48.5 Å². The zero-order chi connectivity index (χ0) is 16.6. The Bertz CT molecular complexity index is 644. The zero-order valence-electron chi connectivity index (χ0n) is 13.5. The molecular weight excluding hydrogens is 326 g/mol. The van der Waals surface area contributed by atoms with Gasteiger partial charge in [-0.25, -0.2) is 0 Å². The Morgan fingerprint density at radius 2 is 2.04 bits per heavy atom. The van der Waals surface area contributed by atoms with Crippen molar-refractivity contribution >= 4 is 17.3 Å². The summed E-state index contributed by atoms with van der Waals surface area (Å²) >= 11 is 6.06. The van der Waals surface area contributed by atoms with Crippen LogP contribution in [-0.4, -0.2) is 32.5 Å². The van der Waals surface area contributed by atoms with Crippen LogP contribution in [0.25, 0.3) is 0 Å². The molecule has 2 aromatic rings. The van der Waals surface area contributed by atoms with Gasteiger partial charge in [-0.15, -0.1) is 0 Å². The third kappa shape index (κ3) is 5.05. The van der Waals surface area contributed by atoms with Gasteiger partial charge in [0.15, 0.2) is 0 Å². The largest absolute Gasteiger partial charge is 0.491 e. The van der Waals surface area contributed by atoms with Gasteiger partial charge in [0.2, 0.25) is 0 Å². The summed E-state index contributed by atoms with van der Waals surface area (Å²) in [6.45, 7) is 2.67. The highest BCUT2D eigenvalue weighted by atomic mass is 35.5. The Hall–Kier alpha value is -1.91. The van der Waals surface area contributed by atoms with E-state index in [2.05, 4.69) is 5.32 Å². The summed E-state index contributed by atoms with van der Waals surface area (Å²) in [5, 5.41) is 3.95. The van der Waals surface area contributed by atoms with E-state index < -0.39 is 0 Å². The van der Waals surface area contributed by atoms with Gasteiger partial charge in [0.25, 0.3) is 0 Å². The number of hydrogen-bond donors (Lipinski definition) is 1. The molecule has 0 bridgehead atoms. The quantitative estimate of drug-likeness (QED) is 0.719. The smallest absolute Gasteiger partial charge is 0.137 e. The molecule has 2 aromatic carbocycles. The van der Waals surface area contributed by atoms with E-state index in [4.69, 9.17) is 25.8 Å². The Balaban J connectivity index is 1.42. The van der Waals surface area contributed by atoms with Crippen molar-refractivity contribution in [3.8, 4) is 11.5 Å². The maximum Gasteiger partial charge on any atom is 0.137 e. The summed E-state index contributed by atoms with van der Waals surface area (Å²) in [4.78, 5) is 0. The van der Waals surface area contributed by atoms with Crippen LogP contribution in [0.15, 0.2) is 48.5 Å². The molecule has 0 amide bonds. The minimum absolute atomic E-state index is 0.227. The third-order valence-electron chi connectivity index (χ3n) is 3.82. The fraction of sp³-hybridized carbons (Fsp3) is 0.368. The van der Waals surface area contributed by atoms with Crippen molar-refractivity contribution < 1.29 is 14.2 Å². The van der Waals surface area contributed by atoms with E-state index in [1.54, 1.807) is 0 Å². The fourth-order valence-corrected chi connectivity index (χ4v) is 2.77. The van der Waals surface area contributed by atoms with E-state index in [-0.39, 0.29) is 6.10 Å². The van der Waals surface area contributed by atoms with E-state index in [0.717, 1.165) is 30.9 Å². The predicted octanol–water partition coefficient (Wildman–Crippen LogP) is 4.39. The summed E-state index contributed by atoms with van der Waals surface area (Å²) in [7, 11) is 0. The molecule has 0 radical (unpaired) electrons. The van der Waals surface area contributed by atoms with Gasteiger partial charge in [-0.2, -0.15) is 0 Å². The van der Waals surface area contributed by atoms with Gasteiger partial charge < -0.3 is 19.5 Å². The summed E-state index contributed by atoms with van der Waals surface area (Å²) in [6.07, 6.45) is 2.43. The van der Waals surface area contributed by atoms with Crippen LogP contribution in [0.3, 0.4) is 0 Å². The highest BCUT2D eigenvalue weighted by Gasteiger charge is 2.15. The van der Waals surface area contributed by atoms with Crippen molar-refractivity contribution in [2.75, 3.05) is 31.7 Å². The lowest BCUT2D eigenvalue weighted by Gasteiger charge is -2.13. The Labute approximate surface area is 147 Å². The minimum atomic E-state index is 0.227. The first-order chi connectivity index (χ1) is 11.8. The van der Waals surface area contributed by atoms with Gasteiger partial charge in [-0.1, -0.05) is 29.8 Å². The van der Waals surface area contributed by atoms with Crippen molar-refractivity contribution in [2.24, 2.45) is 0 Å². The number of rotatable bonds is 8. The normalized spacial score (nSPS) is 16.8. The molecule has 1 N–H and O–H groups in total. The average molecular weight is 348 g/mol. The van der Waals surface area contributed by atoms with Crippen LogP contribution in [-0.2, 0) is 4.74 Å². The van der Waals surface area contributed by atoms with E-state index in [9.17, 15) is 0 Å². The minimum Gasteiger partial charge on any atom is -0.491 e. The number of halogens is 1. The summed E-state index contributed by atoms with van der Waals surface area (Å²) in [6, 6.07) is 15.4. The summed E-state index contributed by atoms with van der Waals surface area (Å²) < 4.78 is 17.0. The maximum atomic E-state index is 6.06.